The molecule has 6 heteroatoms. The maximum Gasteiger partial charge on any atom is 0.338 e. The molecule has 0 aliphatic heterocycles. The zero-order valence-electron chi connectivity index (χ0n) is 18.9. The molecule has 1 aromatic heterocycles. The van der Waals surface area contributed by atoms with Crippen LogP contribution in [-0.4, -0.2) is 36.4 Å². The topological polar surface area (TPSA) is 69.9 Å². The summed E-state index contributed by atoms with van der Waals surface area (Å²) in [7, 11) is 1.37. The van der Waals surface area contributed by atoms with Gasteiger partial charge in [-0.05, 0) is 74.9 Å². The lowest BCUT2D eigenvalue weighted by Crippen LogP contribution is -2.05. The Morgan fingerprint density at radius 2 is 1.59 bits per heavy atom. The quantitative estimate of drug-likeness (QED) is 0.264. The summed E-state index contributed by atoms with van der Waals surface area (Å²) in [6.07, 6.45) is 3.67. The van der Waals surface area contributed by atoms with Gasteiger partial charge in [0.15, 0.2) is 0 Å². The lowest BCUT2D eigenvalue weighted by atomic mass is 10.2. The second kappa shape index (κ2) is 10.6. The van der Waals surface area contributed by atoms with Crippen LogP contribution in [0.3, 0.4) is 0 Å². The molecule has 3 aromatic rings. The van der Waals surface area contributed by atoms with Crippen molar-refractivity contribution in [2.45, 2.75) is 33.6 Å². The maximum atomic E-state index is 12.0. The first-order valence-electron chi connectivity index (χ1n) is 10.6. The van der Waals surface area contributed by atoms with Crippen LogP contribution >= 0.6 is 0 Å². The standard InChI is InChI=1S/C26H28N2O4/c1-5-6-15-32-26(30)21-7-11-23(12-8-21)27-17-22-16-18(2)28(19(22)3)24-13-9-20(10-14-24)25(29)31-4/h7-14,16-17H,5-6,15H2,1-4H3. The van der Waals surface area contributed by atoms with Crippen LogP contribution in [0.4, 0.5) is 5.69 Å². The van der Waals surface area contributed by atoms with Crippen LogP contribution < -0.4 is 0 Å². The Balaban J connectivity index is 1.74. The van der Waals surface area contributed by atoms with Crippen molar-refractivity contribution in [2.24, 2.45) is 4.99 Å². The number of ether oxygens (including phenoxy) is 2. The largest absolute Gasteiger partial charge is 0.465 e. The third-order valence-corrected chi connectivity index (χ3v) is 5.20. The fourth-order valence-corrected chi connectivity index (χ4v) is 3.40. The molecule has 0 atom stereocenters. The molecule has 2 aromatic carbocycles. The molecule has 0 bridgehead atoms. The second-order valence-corrected chi connectivity index (χ2v) is 7.49. The highest BCUT2D eigenvalue weighted by atomic mass is 16.5. The van der Waals surface area contributed by atoms with Crippen LogP contribution in [-0.2, 0) is 9.47 Å². The molecule has 32 heavy (non-hydrogen) atoms. The molecule has 6 nitrogen and oxygen atoms in total. The molecule has 0 fully saturated rings. The maximum absolute atomic E-state index is 12.0. The van der Waals surface area contributed by atoms with Gasteiger partial charge in [0.1, 0.15) is 0 Å². The predicted octanol–water partition coefficient (Wildman–Crippen LogP) is 5.59. The van der Waals surface area contributed by atoms with Gasteiger partial charge in [0.2, 0.25) is 0 Å². The van der Waals surface area contributed by atoms with Crippen LogP contribution in [0.5, 0.6) is 0 Å². The van der Waals surface area contributed by atoms with E-state index in [1.807, 2.05) is 32.2 Å². The van der Waals surface area contributed by atoms with Crippen molar-refractivity contribution in [3.05, 3.63) is 82.7 Å². The number of aliphatic imine (C=N–C) groups is 1. The number of aromatic nitrogens is 1. The fraction of sp³-hybridized carbons (Fsp3) is 0.269. The molecule has 0 amide bonds. The second-order valence-electron chi connectivity index (χ2n) is 7.49. The van der Waals surface area contributed by atoms with E-state index in [4.69, 9.17) is 9.47 Å². The van der Waals surface area contributed by atoms with Crippen molar-refractivity contribution in [3.8, 4) is 5.69 Å². The number of carbonyl (C=O) groups is 2. The predicted molar refractivity (Wildman–Crippen MR) is 125 cm³/mol. The third-order valence-electron chi connectivity index (χ3n) is 5.20. The first kappa shape index (κ1) is 23.0. The Bertz CT molecular complexity index is 1110. The zero-order valence-corrected chi connectivity index (χ0v) is 18.9. The summed E-state index contributed by atoms with van der Waals surface area (Å²) in [6, 6.07) is 16.4. The smallest absolute Gasteiger partial charge is 0.338 e. The van der Waals surface area contributed by atoms with E-state index in [0.29, 0.717) is 17.7 Å². The van der Waals surface area contributed by atoms with Gasteiger partial charge < -0.3 is 14.0 Å². The lowest BCUT2D eigenvalue weighted by Gasteiger charge is -2.10. The zero-order chi connectivity index (χ0) is 23.1. The molecule has 3 rings (SSSR count). The summed E-state index contributed by atoms with van der Waals surface area (Å²) in [5.41, 5.74) is 5.82. The van der Waals surface area contributed by atoms with Crippen molar-refractivity contribution in [2.75, 3.05) is 13.7 Å². The van der Waals surface area contributed by atoms with E-state index in [1.54, 1.807) is 36.4 Å². The number of methoxy groups -OCH3 is 1. The van der Waals surface area contributed by atoms with Gasteiger partial charge in [-0.2, -0.15) is 0 Å². The molecular formula is C26H28N2O4. The minimum absolute atomic E-state index is 0.309. The summed E-state index contributed by atoms with van der Waals surface area (Å²) < 4.78 is 12.1. The van der Waals surface area contributed by atoms with Gasteiger partial charge in [0, 0.05) is 28.9 Å². The van der Waals surface area contributed by atoms with E-state index in [0.717, 1.165) is 41.2 Å². The van der Waals surface area contributed by atoms with Crippen LogP contribution in [0.2, 0.25) is 0 Å². The van der Waals surface area contributed by atoms with Crippen LogP contribution in [0.25, 0.3) is 5.69 Å². The molecule has 0 unspecified atom stereocenters. The summed E-state index contributed by atoms with van der Waals surface area (Å²) in [5, 5.41) is 0. The van der Waals surface area contributed by atoms with Gasteiger partial charge >= 0.3 is 11.9 Å². The first-order chi connectivity index (χ1) is 15.4. The van der Waals surface area contributed by atoms with Crippen molar-refractivity contribution in [1.29, 1.82) is 0 Å². The fourth-order valence-electron chi connectivity index (χ4n) is 3.40. The Morgan fingerprint density at radius 1 is 0.969 bits per heavy atom. The number of hydrogen-bond acceptors (Lipinski definition) is 5. The van der Waals surface area contributed by atoms with E-state index >= 15 is 0 Å². The molecule has 1 heterocycles. The number of esters is 2. The number of nitrogens with zero attached hydrogens (tertiary/aromatic N) is 2. The van der Waals surface area contributed by atoms with Crippen LogP contribution in [0.15, 0.2) is 59.6 Å². The highest BCUT2D eigenvalue weighted by Gasteiger charge is 2.11. The Morgan fingerprint density at radius 3 is 2.22 bits per heavy atom. The average molecular weight is 433 g/mol. The highest BCUT2D eigenvalue weighted by molar-refractivity contribution is 5.90. The SMILES string of the molecule is CCCCOC(=O)c1ccc(N=Cc2cc(C)n(-c3ccc(C(=O)OC)cc3)c2C)cc1. The molecule has 0 radical (unpaired) electrons. The summed E-state index contributed by atoms with van der Waals surface area (Å²) in [4.78, 5) is 28.2. The van der Waals surface area contributed by atoms with Gasteiger partial charge in [-0.3, -0.25) is 4.99 Å². The van der Waals surface area contributed by atoms with Crippen molar-refractivity contribution >= 4 is 23.8 Å². The molecule has 0 spiro atoms. The van der Waals surface area contributed by atoms with E-state index in [9.17, 15) is 9.59 Å². The van der Waals surface area contributed by atoms with Gasteiger partial charge in [-0.25, -0.2) is 9.59 Å². The lowest BCUT2D eigenvalue weighted by molar-refractivity contribution is 0.0499. The molecule has 0 aliphatic carbocycles. The Hall–Kier alpha value is -3.67. The van der Waals surface area contributed by atoms with Gasteiger partial charge in [-0.1, -0.05) is 13.3 Å². The van der Waals surface area contributed by atoms with Gasteiger partial charge in [-0.15, -0.1) is 0 Å². The van der Waals surface area contributed by atoms with E-state index in [-0.39, 0.29) is 11.9 Å². The number of rotatable bonds is 8. The van der Waals surface area contributed by atoms with Crippen molar-refractivity contribution in [1.82, 2.24) is 4.57 Å². The molecule has 166 valence electrons. The molecular weight excluding hydrogens is 404 g/mol. The Labute approximate surface area is 188 Å². The van der Waals surface area contributed by atoms with Crippen molar-refractivity contribution < 1.29 is 19.1 Å². The third kappa shape index (κ3) is 5.32. The summed E-state index contributed by atoms with van der Waals surface area (Å²) in [6.45, 7) is 6.55. The minimum Gasteiger partial charge on any atom is -0.465 e. The average Bonchev–Trinajstić information content (AvgIpc) is 3.10. The first-order valence-corrected chi connectivity index (χ1v) is 10.6. The number of carbonyl (C=O) groups excluding carboxylic acids is 2. The number of benzene rings is 2. The molecule has 0 saturated heterocycles. The van der Waals surface area contributed by atoms with Gasteiger partial charge in [0.25, 0.3) is 0 Å². The number of hydrogen-bond donors (Lipinski definition) is 0. The normalized spacial score (nSPS) is 11.0. The Kier molecular flexibility index (Phi) is 7.60. The minimum atomic E-state index is -0.356. The van der Waals surface area contributed by atoms with E-state index in [1.165, 1.54) is 7.11 Å². The highest BCUT2D eigenvalue weighted by Crippen LogP contribution is 2.22. The van der Waals surface area contributed by atoms with E-state index in [2.05, 4.69) is 22.5 Å². The monoisotopic (exact) mass is 432 g/mol. The van der Waals surface area contributed by atoms with E-state index < -0.39 is 0 Å². The van der Waals surface area contributed by atoms with Crippen molar-refractivity contribution in [3.63, 3.8) is 0 Å². The summed E-state index contributed by atoms with van der Waals surface area (Å²) in [5.74, 6) is -0.665. The van der Waals surface area contributed by atoms with Crippen LogP contribution in [0.1, 0.15) is 57.4 Å². The van der Waals surface area contributed by atoms with Crippen LogP contribution in [0, 0.1) is 13.8 Å². The summed E-state index contributed by atoms with van der Waals surface area (Å²) >= 11 is 0. The molecule has 0 N–H and O–H groups in total. The van der Waals surface area contributed by atoms with Gasteiger partial charge in [0.05, 0.1) is 30.5 Å². The molecule has 0 saturated carbocycles. The molecule has 0 aliphatic rings. The number of aryl methyl sites for hydroxylation is 1. The number of unbranched alkanes of at least 4 members (excludes halogenated alkanes) is 1.